The van der Waals surface area contributed by atoms with Crippen LogP contribution < -0.4 is 5.73 Å². The number of aromatic nitrogens is 3. The lowest BCUT2D eigenvalue weighted by molar-refractivity contribution is 0.789. The van der Waals surface area contributed by atoms with Gasteiger partial charge in [0.25, 0.3) is 0 Å². The van der Waals surface area contributed by atoms with E-state index in [-0.39, 0.29) is 5.82 Å². The monoisotopic (exact) mass is 274 g/mol. The van der Waals surface area contributed by atoms with Crippen molar-refractivity contribution in [2.24, 2.45) is 7.05 Å². The Labute approximate surface area is 107 Å². The molecule has 0 bridgehead atoms. The Balaban J connectivity index is 2.35. The summed E-state index contributed by atoms with van der Waals surface area (Å²) in [5.74, 6) is 0.266. The molecule has 0 aliphatic heterocycles. The van der Waals surface area contributed by atoms with E-state index in [1.807, 2.05) is 17.8 Å². The number of pyridine rings is 1. The Kier molecular flexibility index (Phi) is 3.28. The molecule has 0 amide bonds. The standard InChI is InChI=1S/C9H8Cl2N4S/c1-15-3-2-13-9(15)16-8-6(11)4-5(10)7(12)14-8/h2-4H,1H3,(H2,12,14). The molecule has 2 aromatic heterocycles. The molecule has 7 heteroatoms. The molecule has 2 aromatic rings. The van der Waals surface area contributed by atoms with Crippen LogP contribution >= 0.6 is 35.0 Å². The molecule has 0 aromatic carbocycles. The summed E-state index contributed by atoms with van der Waals surface area (Å²) in [6, 6.07) is 1.58. The molecule has 0 aliphatic rings. The van der Waals surface area contributed by atoms with Crippen LogP contribution in [0.2, 0.25) is 10.0 Å². The van der Waals surface area contributed by atoms with Crippen molar-refractivity contribution >= 4 is 40.8 Å². The molecular weight excluding hydrogens is 267 g/mol. The molecule has 0 saturated heterocycles. The maximum absolute atomic E-state index is 6.01. The normalized spacial score (nSPS) is 10.7. The van der Waals surface area contributed by atoms with Crippen LogP contribution in [0, 0.1) is 0 Å². The summed E-state index contributed by atoms with van der Waals surface area (Å²) >= 11 is 13.1. The zero-order valence-corrected chi connectivity index (χ0v) is 10.6. The fourth-order valence-electron chi connectivity index (χ4n) is 1.07. The van der Waals surface area contributed by atoms with E-state index in [2.05, 4.69) is 9.97 Å². The predicted octanol–water partition coefficient (Wildman–Crippen LogP) is 2.86. The van der Waals surface area contributed by atoms with Crippen molar-refractivity contribution in [1.29, 1.82) is 0 Å². The fourth-order valence-corrected chi connectivity index (χ4v) is 2.34. The third-order valence-electron chi connectivity index (χ3n) is 1.89. The molecule has 0 radical (unpaired) electrons. The van der Waals surface area contributed by atoms with Crippen molar-refractivity contribution in [2.75, 3.05) is 5.73 Å². The third kappa shape index (κ3) is 2.26. The zero-order chi connectivity index (χ0) is 11.7. The second-order valence-electron chi connectivity index (χ2n) is 3.07. The van der Waals surface area contributed by atoms with Crippen LogP contribution in [-0.4, -0.2) is 14.5 Å². The summed E-state index contributed by atoms with van der Waals surface area (Å²) in [5, 5.41) is 2.20. The number of rotatable bonds is 2. The second-order valence-corrected chi connectivity index (χ2v) is 4.84. The van der Waals surface area contributed by atoms with Crippen LogP contribution in [0.4, 0.5) is 5.82 Å². The molecule has 0 aliphatic carbocycles. The fraction of sp³-hybridized carbons (Fsp3) is 0.111. The molecule has 16 heavy (non-hydrogen) atoms. The van der Waals surface area contributed by atoms with Gasteiger partial charge >= 0.3 is 0 Å². The van der Waals surface area contributed by atoms with Gasteiger partial charge in [0.05, 0.1) is 10.0 Å². The highest BCUT2D eigenvalue weighted by molar-refractivity contribution is 7.99. The first kappa shape index (κ1) is 11.6. The summed E-state index contributed by atoms with van der Waals surface area (Å²) in [6.45, 7) is 0. The van der Waals surface area contributed by atoms with Gasteiger partial charge in [-0.2, -0.15) is 0 Å². The molecule has 4 nitrogen and oxygen atoms in total. The Bertz CT molecular complexity index is 526. The van der Waals surface area contributed by atoms with Gasteiger partial charge in [0.15, 0.2) is 5.16 Å². The Morgan fingerprint density at radius 3 is 2.75 bits per heavy atom. The number of nitrogens with two attached hydrogens (primary N) is 1. The Hall–Kier alpha value is -0.910. The van der Waals surface area contributed by atoms with Crippen LogP contribution in [0.15, 0.2) is 28.6 Å². The van der Waals surface area contributed by atoms with E-state index in [0.717, 1.165) is 5.16 Å². The Morgan fingerprint density at radius 2 is 2.12 bits per heavy atom. The van der Waals surface area contributed by atoms with Crippen LogP contribution in [0.1, 0.15) is 0 Å². The van der Waals surface area contributed by atoms with Gasteiger partial charge in [-0.05, 0) is 17.8 Å². The van der Waals surface area contributed by atoms with E-state index in [1.165, 1.54) is 11.8 Å². The van der Waals surface area contributed by atoms with Crippen molar-refractivity contribution in [1.82, 2.24) is 14.5 Å². The first-order valence-electron chi connectivity index (χ1n) is 4.34. The topological polar surface area (TPSA) is 56.7 Å². The number of imidazole rings is 1. The van der Waals surface area contributed by atoms with Gasteiger partial charge in [-0.15, -0.1) is 0 Å². The average molecular weight is 275 g/mol. The lowest BCUT2D eigenvalue weighted by Gasteiger charge is -2.05. The Morgan fingerprint density at radius 1 is 1.38 bits per heavy atom. The third-order valence-corrected chi connectivity index (χ3v) is 3.67. The minimum Gasteiger partial charge on any atom is -0.382 e. The molecule has 2 heterocycles. The molecule has 0 saturated carbocycles. The number of anilines is 1. The van der Waals surface area contributed by atoms with E-state index in [9.17, 15) is 0 Å². The van der Waals surface area contributed by atoms with Crippen molar-refractivity contribution < 1.29 is 0 Å². The van der Waals surface area contributed by atoms with Crippen molar-refractivity contribution in [2.45, 2.75) is 10.2 Å². The molecule has 84 valence electrons. The first-order chi connectivity index (χ1) is 7.58. The van der Waals surface area contributed by atoms with Crippen LogP contribution in [-0.2, 0) is 7.05 Å². The van der Waals surface area contributed by atoms with Crippen LogP contribution in [0.5, 0.6) is 0 Å². The molecule has 0 atom stereocenters. The molecule has 0 fully saturated rings. The maximum atomic E-state index is 6.01. The van der Waals surface area contributed by atoms with Gasteiger partial charge in [0.2, 0.25) is 0 Å². The summed E-state index contributed by atoms with van der Waals surface area (Å²) in [6.07, 6.45) is 3.55. The summed E-state index contributed by atoms with van der Waals surface area (Å²) in [4.78, 5) is 8.27. The minimum atomic E-state index is 0.266. The van der Waals surface area contributed by atoms with Crippen molar-refractivity contribution in [3.63, 3.8) is 0 Å². The van der Waals surface area contributed by atoms with Gasteiger partial charge < -0.3 is 10.3 Å². The average Bonchev–Trinajstić information content (AvgIpc) is 2.61. The highest BCUT2D eigenvalue weighted by Gasteiger charge is 2.11. The molecule has 0 unspecified atom stereocenters. The molecule has 0 spiro atoms. The first-order valence-corrected chi connectivity index (χ1v) is 5.92. The summed E-state index contributed by atoms with van der Waals surface area (Å²) in [7, 11) is 1.89. The van der Waals surface area contributed by atoms with Gasteiger partial charge in [0.1, 0.15) is 10.8 Å². The van der Waals surface area contributed by atoms with Crippen molar-refractivity contribution in [3.8, 4) is 0 Å². The second kappa shape index (κ2) is 4.53. The van der Waals surface area contributed by atoms with Crippen LogP contribution in [0.25, 0.3) is 0 Å². The summed E-state index contributed by atoms with van der Waals surface area (Å²) < 4.78 is 1.87. The van der Waals surface area contributed by atoms with E-state index in [4.69, 9.17) is 28.9 Å². The minimum absolute atomic E-state index is 0.266. The van der Waals surface area contributed by atoms with Crippen LogP contribution in [0.3, 0.4) is 0 Å². The summed E-state index contributed by atoms with van der Waals surface area (Å²) in [5.41, 5.74) is 5.61. The lowest BCUT2D eigenvalue weighted by atomic mass is 10.5. The predicted molar refractivity (Wildman–Crippen MR) is 66.0 cm³/mol. The van der Waals surface area contributed by atoms with Gasteiger partial charge in [-0.25, -0.2) is 9.97 Å². The lowest BCUT2D eigenvalue weighted by Crippen LogP contribution is -1.95. The van der Waals surface area contributed by atoms with Gasteiger partial charge in [0, 0.05) is 19.4 Å². The smallest absolute Gasteiger partial charge is 0.174 e. The number of nitrogen functional groups attached to an aromatic ring is 1. The molecule has 2 rings (SSSR count). The van der Waals surface area contributed by atoms with E-state index in [0.29, 0.717) is 15.1 Å². The zero-order valence-electron chi connectivity index (χ0n) is 8.32. The number of hydrogen-bond acceptors (Lipinski definition) is 4. The molecule has 2 N–H and O–H groups in total. The van der Waals surface area contributed by atoms with E-state index < -0.39 is 0 Å². The van der Waals surface area contributed by atoms with Crippen molar-refractivity contribution in [3.05, 3.63) is 28.5 Å². The SMILES string of the molecule is Cn1ccnc1Sc1nc(N)c(Cl)cc1Cl. The number of hydrogen-bond donors (Lipinski definition) is 1. The quantitative estimate of drug-likeness (QED) is 0.915. The molecular formula is C9H8Cl2N4S. The van der Waals surface area contributed by atoms with Gasteiger partial charge in [-0.3, -0.25) is 0 Å². The largest absolute Gasteiger partial charge is 0.382 e. The number of halogens is 2. The highest BCUT2D eigenvalue weighted by atomic mass is 35.5. The van der Waals surface area contributed by atoms with E-state index >= 15 is 0 Å². The highest BCUT2D eigenvalue weighted by Crippen LogP contribution is 2.33. The maximum Gasteiger partial charge on any atom is 0.174 e. The number of nitrogens with zero attached hydrogens (tertiary/aromatic N) is 3. The van der Waals surface area contributed by atoms with E-state index in [1.54, 1.807) is 12.3 Å². The van der Waals surface area contributed by atoms with Gasteiger partial charge in [-0.1, -0.05) is 23.2 Å². The number of aryl methyl sites for hydroxylation is 1.